The highest BCUT2D eigenvalue weighted by Gasteiger charge is 2.26. The smallest absolute Gasteiger partial charge is 0.236 e. The van der Waals surface area contributed by atoms with Crippen LogP contribution in [0.1, 0.15) is 31.9 Å². The van der Waals surface area contributed by atoms with Gasteiger partial charge in [0.25, 0.3) is 0 Å². The van der Waals surface area contributed by atoms with Gasteiger partial charge in [-0.05, 0) is 19.4 Å². The van der Waals surface area contributed by atoms with Gasteiger partial charge in [-0.2, -0.15) is 0 Å². The summed E-state index contributed by atoms with van der Waals surface area (Å²) in [4.78, 5) is 11.8. The molecule has 0 fully saturated rings. The molecule has 1 aliphatic heterocycles. The predicted octanol–water partition coefficient (Wildman–Crippen LogP) is 1.62. The predicted molar refractivity (Wildman–Crippen MR) is 70.6 cm³/mol. The Kier molecular flexibility index (Phi) is 4.20. The number of benzene rings is 1. The number of hydrogen-bond donors (Lipinski definition) is 2. The largest absolute Gasteiger partial charge is 0.491 e. The first-order valence-corrected chi connectivity index (χ1v) is 6.48. The monoisotopic (exact) mass is 248 g/mol. The Morgan fingerprint density at radius 3 is 3.06 bits per heavy atom. The van der Waals surface area contributed by atoms with E-state index in [1.165, 1.54) is 0 Å². The zero-order chi connectivity index (χ0) is 13.0. The highest BCUT2D eigenvalue weighted by Crippen LogP contribution is 2.31. The quantitative estimate of drug-likeness (QED) is 0.832. The lowest BCUT2D eigenvalue weighted by Crippen LogP contribution is -2.44. The number of rotatable bonds is 5. The third kappa shape index (κ3) is 2.82. The van der Waals surface area contributed by atoms with Crippen LogP contribution >= 0.6 is 0 Å². The van der Waals surface area contributed by atoms with E-state index in [9.17, 15) is 4.79 Å². The summed E-state index contributed by atoms with van der Waals surface area (Å²) < 4.78 is 5.58. The molecule has 1 amide bonds. The van der Waals surface area contributed by atoms with Gasteiger partial charge in [0.1, 0.15) is 12.4 Å². The molecular formula is C14H20N2O2. The maximum atomic E-state index is 11.8. The minimum absolute atomic E-state index is 0.0428. The zero-order valence-corrected chi connectivity index (χ0v) is 10.9. The molecule has 0 radical (unpaired) electrons. The summed E-state index contributed by atoms with van der Waals surface area (Å²) in [5, 5.41) is 6.19. The molecule has 98 valence electrons. The van der Waals surface area contributed by atoms with Crippen molar-refractivity contribution in [2.24, 2.45) is 0 Å². The van der Waals surface area contributed by atoms with Gasteiger partial charge in [-0.25, -0.2) is 0 Å². The normalized spacial score (nSPS) is 18.9. The lowest BCUT2D eigenvalue weighted by atomic mass is 10.1. The molecular weight excluding hydrogens is 228 g/mol. The van der Waals surface area contributed by atoms with Crippen LogP contribution in [0.15, 0.2) is 24.3 Å². The Morgan fingerprint density at radius 2 is 2.28 bits per heavy atom. The van der Waals surface area contributed by atoms with Gasteiger partial charge in [0.15, 0.2) is 0 Å². The number of fused-ring (bicyclic) bond motifs is 1. The van der Waals surface area contributed by atoms with Gasteiger partial charge < -0.3 is 10.1 Å². The third-order valence-electron chi connectivity index (χ3n) is 3.09. The fourth-order valence-electron chi connectivity index (χ4n) is 2.08. The van der Waals surface area contributed by atoms with Crippen molar-refractivity contribution in [2.75, 3.05) is 13.2 Å². The van der Waals surface area contributed by atoms with E-state index in [0.29, 0.717) is 6.61 Å². The lowest BCUT2D eigenvalue weighted by Gasteiger charge is -2.18. The molecule has 1 aromatic rings. The van der Waals surface area contributed by atoms with Gasteiger partial charge in [0, 0.05) is 12.1 Å². The van der Waals surface area contributed by atoms with Crippen LogP contribution in [0, 0.1) is 0 Å². The van der Waals surface area contributed by atoms with Crippen molar-refractivity contribution in [3.63, 3.8) is 0 Å². The van der Waals surface area contributed by atoms with E-state index in [1.54, 1.807) is 0 Å². The molecule has 2 rings (SSSR count). The van der Waals surface area contributed by atoms with E-state index < -0.39 is 0 Å². The molecule has 1 aromatic carbocycles. The Morgan fingerprint density at radius 1 is 1.50 bits per heavy atom. The van der Waals surface area contributed by atoms with Crippen LogP contribution in [0.2, 0.25) is 0 Å². The Balaban J connectivity index is 1.93. The molecule has 0 spiro atoms. The molecule has 2 N–H and O–H groups in total. The van der Waals surface area contributed by atoms with E-state index in [4.69, 9.17) is 4.74 Å². The molecule has 0 aromatic heterocycles. The van der Waals surface area contributed by atoms with Crippen molar-refractivity contribution < 1.29 is 9.53 Å². The topological polar surface area (TPSA) is 50.4 Å². The van der Waals surface area contributed by atoms with E-state index >= 15 is 0 Å². The maximum absolute atomic E-state index is 11.8. The summed E-state index contributed by atoms with van der Waals surface area (Å²) in [6.07, 6.45) is 0.952. The molecule has 2 unspecified atom stereocenters. The minimum Gasteiger partial charge on any atom is -0.491 e. The molecule has 0 saturated carbocycles. The van der Waals surface area contributed by atoms with Crippen molar-refractivity contribution in [1.82, 2.24) is 10.6 Å². The van der Waals surface area contributed by atoms with Gasteiger partial charge in [-0.1, -0.05) is 25.1 Å². The second-order valence-electron chi connectivity index (χ2n) is 4.58. The summed E-state index contributed by atoms with van der Waals surface area (Å²) in [5.41, 5.74) is 1.13. The number of carbonyl (C=O) groups excluding carboxylic acids is 1. The van der Waals surface area contributed by atoms with Crippen molar-refractivity contribution in [1.29, 1.82) is 0 Å². The van der Waals surface area contributed by atoms with E-state index in [2.05, 4.69) is 10.6 Å². The number of nitrogens with one attached hydrogen (secondary N) is 2. The SMILES string of the molecule is CCCNC(=O)C(C)NC1COc2ccccc21. The number of ether oxygens (including phenoxy) is 1. The van der Waals surface area contributed by atoms with Crippen LogP contribution in [0.25, 0.3) is 0 Å². The fourth-order valence-corrected chi connectivity index (χ4v) is 2.08. The number of carbonyl (C=O) groups is 1. The van der Waals surface area contributed by atoms with Crippen LogP contribution < -0.4 is 15.4 Å². The first-order valence-electron chi connectivity index (χ1n) is 6.48. The molecule has 2 atom stereocenters. The average Bonchev–Trinajstić information content (AvgIpc) is 2.79. The number of para-hydroxylation sites is 1. The maximum Gasteiger partial charge on any atom is 0.236 e. The summed E-state index contributed by atoms with van der Waals surface area (Å²) in [5.74, 6) is 0.956. The van der Waals surface area contributed by atoms with E-state index in [0.717, 1.165) is 24.3 Å². The minimum atomic E-state index is -0.212. The third-order valence-corrected chi connectivity index (χ3v) is 3.09. The number of amides is 1. The van der Waals surface area contributed by atoms with Crippen LogP contribution in [0.5, 0.6) is 5.75 Å². The summed E-state index contributed by atoms with van der Waals surface area (Å²) in [6, 6.07) is 7.83. The highest BCUT2D eigenvalue weighted by molar-refractivity contribution is 5.81. The van der Waals surface area contributed by atoms with Crippen molar-refractivity contribution >= 4 is 5.91 Å². The van der Waals surface area contributed by atoms with Gasteiger partial charge >= 0.3 is 0 Å². The Bertz CT molecular complexity index is 420. The molecule has 4 nitrogen and oxygen atoms in total. The second kappa shape index (κ2) is 5.87. The van der Waals surface area contributed by atoms with E-state index in [-0.39, 0.29) is 18.0 Å². The Labute approximate surface area is 108 Å². The highest BCUT2D eigenvalue weighted by atomic mass is 16.5. The Hall–Kier alpha value is -1.55. The fraction of sp³-hybridized carbons (Fsp3) is 0.500. The summed E-state index contributed by atoms with van der Waals surface area (Å²) in [6.45, 7) is 5.23. The zero-order valence-electron chi connectivity index (χ0n) is 10.9. The molecule has 0 aliphatic carbocycles. The van der Waals surface area contributed by atoms with Crippen LogP contribution in [0.3, 0.4) is 0 Å². The molecule has 4 heteroatoms. The first kappa shape index (κ1) is 12.9. The molecule has 18 heavy (non-hydrogen) atoms. The summed E-state index contributed by atoms with van der Waals surface area (Å²) >= 11 is 0. The molecule has 1 aliphatic rings. The van der Waals surface area contributed by atoms with Crippen molar-refractivity contribution in [3.05, 3.63) is 29.8 Å². The first-order chi connectivity index (χ1) is 8.72. The van der Waals surface area contributed by atoms with Crippen LogP contribution in [0.4, 0.5) is 0 Å². The lowest BCUT2D eigenvalue weighted by molar-refractivity contribution is -0.122. The van der Waals surface area contributed by atoms with E-state index in [1.807, 2.05) is 38.1 Å². The number of hydrogen-bond acceptors (Lipinski definition) is 3. The second-order valence-corrected chi connectivity index (χ2v) is 4.58. The standard InChI is InChI=1S/C14H20N2O2/c1-3-8-15-14(17)10(2)16-12-9-18-13-7-5-4-6-11(12)13/h4-7,10,12,16H,3,8-9H2,1-2H3,(H,15,17). The van der Waals surface area contributed by atoms with Gasteiger partial charge in [0.05, 0.1) is 12.1 Å². The van der Waals surface area contributed by atoms with Gasteiger partial charge in [-0.3, -0.25) is 10.1 Å². The van der Waals surface area contributed by atoms with Crippen molar-refractivity contribution in [3.8, 4) is 5.75 Å². The van der Waals surface area contributed by atoms with Gasteiger partial charge in [0.2, 0.25) is 5.91 Å². The molecule has 0 saturated heterocycles. The average molecular weight is 248 g/mol. The van der Waals surface area contributed by atoms with Crippen LogP contribution in [-0.2, 0) is 4.79 Å². The van der Waals surface area contributed by atoms with Gasteiger partial charge in [-0.15, -0.1) is 0 Å². The molecule has 0 bridgehead atoms. The van der Waals surface area contributed by atoms with Crippen molar-refractivity contribution in [2.45, 2.75) is 32.4 Å². The van der Waals surface area contributed by atoms with Crippen LogP contribution in [-0.4, -0.2) is 25.1 Å². The molecule has 1 heterocycles. The summed E-state index contributed by atoms with van der Waals surface area (Å²) in [7, 11) is 0.